The standard InChI is InChI=1S/C16H9FN2O2/c17-8-5-6-12-10(7-8)16(21)14(19-12)13-15(20)9-3-1-2-4-11(9)18-13/h1-7,19,21H. The number of Topliss-reactive ketones (excluding diaryl/α,β-unsaturated/α-hetero) is 1. The monoisotopic (exact) mass is 280 g/mol. The van der Waals surface area contributed by atoms with Crippen molar-refractivity contribution in [3.8, 4) is 5.75 Å². The molecule has 2 aromatic carbocycles. The summed E-state index contributed by atoms with van der Waals surface area (Å²) in [4.78, 5) is 19.6. The highest BCUT2D eigenvalue weighted by molar-refractivity contribution is 6.55. The Kier molecular flexibility index (Phi) is 2.27. The predicted molar refractivity (Wildman–Crippen MR) is 76.9 cm³/mol. The second-order valence-electron chi connectivity index (χ2n) is 4.85. The zero-order valence-corrected chi connectivity index (χ0v) is 10.7. The van der Waals surface area contributed by atoms with Gasteiger partial charge >= 0.3 is 0 Å². The molecule has 3 aromatic rings. The van der Waals surface area contributed by atoms with E-state index in [0.29, 0.717) is 22.2 Å². The van der Waals surface area contributed by atoms with E-state index in [1.165, 1.54) is 18.2 Å². The van der Waals surface area contributed by atoms with Crippen molar-refractivity contribution in [3.63, 3.8) is 0 Å². The van der Waals surface area contributed by atoms with Crippen LogP contribution < -0.4 is 0 Å². The molecule has 0 aliphatic carbocycles. The number of nitrogens with zero attached hydrogens (tertiary/aromatic N) is 1. The van der Waals surface area contributed by atoms with Crippen LogP contribution in [0.15, 0.2) is 47.5 Å². The van der Waals surface area contributed by atoms with E-state index in [1.807, 2.05) is 0 Å². The molecule has 0 atom stereocenters. The fourth-order valence-electron chi connectivity index (χ4n) is 2.55. The number of hydrogen-bond acceptors (Lipinski definition) is 3. The zero-order valence-electron chi connectivity index (χ0n) is 10.7. The van der Waals surface area contributed by atoms with Crippen molar-refractivity contribution in [2.24, 2.45) is 4.99 Å². The first-order chi connectivity index (χ1) is 10.1. The molecule has 0 saturated heterocycles. The first-order valence-corrected chi connectivity index (χ1v) is 6.38. The number of ketones is 1. The van der Waals surface area contributed by atoms with Crippen molar-refractivity contribution in [2.45, 2.75) is 0 Å². The predicted octanol–water partition coefficient (Wildman–Crippen LogP) is 3.33. The minimum absolute atomic E-state index is 0.144. The van der Waals surface area contributed by atoms with E-state index >= 15 is 0 Å². The zero-order chi connectivity index (χ0) is 14.6. The Labute approximate surface area is 118 Å². The van der Waals surface area contributed by atoms with Gasteiger partial charge in [-0.15, -0.1) is 0 Å². The van der Waals surface area contributed by atoms with Crippen molar-refractivity contribution >= 4 is 28.1 Å². The van der Waals surface area contributed by atoms with Crippen LogP contribution in [-0.2, 0) is 0 Å². The average Bonchev–Trinajstić information content (AvgIpc) is 2.98. The van der Waals surface area contributed by atoms with Crippen LogP contribution in [0.5, 0.6) is 5.75 Å². The highest BCUT2D eigenvalue weighted by Gasteiger charge is 2.29. The third kappa shape index (κ3) is 1.61. The van der Waals surface area contributed by atoms with Gasteiger partial charge in [-0.3, -0.25) is 4.79 Å². The Morgan fingerprint density at radius 3 is 2.76 bits per heavy atom. The number of fused-ring (bicyclic) bond motifs is 2. The molecule has 102 valence electrons. The molecule has 0 bridgehead atoms. The molecule has 0 radical (unpaired) electrons. The summed E-state index contributed by atoms with van der Waals surface area (Å²) in [6, 6.07) is 11.0. The molecule has 0 fully saturated rings. The van der Waals surface area contributed by atoms with Gasteiger partial charge in [0.25, 0.3) is 0 Å². The summed E-state index contributed by atoms with van der Waals surface area (Å²) in [7, 11) is 0. The Morgan fingerprint density at radius 2 is 1.95 bits per heavy atom. The number of aromatic amines is 1. The van der Waals surface area contributed by atoms with E-state index in [1.54, 1.807) is 24.3 Å². The Balaban J connectivity index is 1.93. The van der Waals surface area contributed by atoms with Gasteiger partial charge < -0.3 is 10.1 Å². The lowest BCUT2D eigenvalue weighted by molar-refractivity contribution is 0.107. The lowest BCUT2D eigenvalue weighted by Gasteiger charge is -1.97. The van der Waals surface area contributed by atoms with E-state index in [2.05, 4.69) is 9.98 Å². The van der Waals surface area contributed by atoms with Crippen molar-refractivity contribution < 1.29 is 14.3 Å². The molecule has 5 heteroatoms. The number of para-hydroxylation sites is 1. The van der Waals surface area contributed by atoms with Gasteiger partial charge in [0.15, 0.2) is 5.75 Å². The molecule has 0 amide bonds. The van der Waals surface area contributed by atoms with E-state index < -0.39 is 5.82 Å². The van der Waals surface area contributed by atoms with Gasteiger partial charge in [0.1, 0.15) is 17.2 Å². The van der Waals surface area contributed by atoms with Crippen LogP contribution >= 0.6 is 0 Å². The van der Waals surface area contributed by atoms with Crippen LogP contribution in [0.2, 0.25) is 0 Å². The smallest absolute Gasteiger partial charge is 0.215 e. The quantitative estimate of drug-likeness (QED) is 0.718. The van der Waals surface area contributed by atoms with Crippen molar-refractivity contribution in [3.05, 3.63) is 59.5 Å². The summed E-state index contributed by atoms with van der Waals surface area (Å²) in [5.74, 6) is -0.872. The number of carbonyl (C=O) groups is 1. The average molecular weight is 280 g/mol. The van der Waals surface area contributed by atoms with Gasteiger partial charge in [0.05, 0.1) is 5.69 Å². The largest absolute Gasteiger partial charge is 0.505 e. The highest BCUT2D eigenvalue weighted by Crippen LogP contribution is 2.35. The molecule has 1 aliphatic heterocycles. The van der Waals surface area contributed by atoms with Gasteiger partial charge in [0.2, 0.25) is 5.78 Å². The number of nitrogens with one attached hydrogen (secondary N) is 1. The summed E-state index contributed by atoms with van der Waals surface area (Å²) in [5.41, 5.74) is 1.98. The first kappa shape index (κ1) is 11.8. The molecule has 21 heavy (non-hydrogen) atoms. The van der Waals surface area contributed by atoms with E-state index in [4.69, 9.17) is 0 Å². The molecule has 1 aliphatic rings. The number of aliphatic imine (C=N–C) groups is 1. The maximum absolute atomic E-state index is 13.3. The second-order valence-corrected chi connectivity index (χ2v) is 4.85. The second kappa shape index (κ2) is 4.02. The topological polar surface area (TPSA) is 65.5 Å². The molecule has 4 nitrogen and oxygen atoms in total. The Morgan fingerprint density at radius 1 is 1.14 bits per heavy atom. The minimum atomic E-state index is -0.452. The van der Waals surface area contributed by atoms with Gasteiger partial charge in [0, 0.05) is 16.5 Å². The lowest BCUT2D eigenvalue weighted by Crippen LogP contribution is -2.11. The van der Waals surface area contributed by atoms with Crippen LogP contribution in [0, 0.1) is 5.82 Å². The first-order valence-electron chi connectivity index (χ1n) is 6.38. The van der Waals surface area contributed by atoms with Crippen LogP contribution in [0.4, 0.5) is 10.1 Å². The normalized spacial score (nSPS) is 13.6. The molecule has 4 rings (SSSR count). The third-order valence-corrected chi connectivity index (χ3v) is 3.57. The molecule has 2 heterocycles. The molecule has 0 saturated carbocycles. The summed E-state index contributed by atoms with van der Waals surface area (Å²) >= 11 is 0. The Hall–Kier alpha value is -2.95. The summed E-state index contributed by atoms with van der Waals surface area (Å²) < 4.78 is 13.3. The SMILES string of the molecule is O=C1C(c2[nH]c3ccc(F)cc3c2O)=Nc2ccccc21. The molecule has 2 N–H and O–H groups in total. The maximum Gasteiger partial charge on any atom is 0.215 e. The number of halogens is 1. The summed E-state index contributed by atoms with van der Waals surface area (Å²) in [6.45, 7) is 0. The van der Waals surface area contributed by atoms with Crippen molar-refractivity contribution in [2.75, 3.05) is 0 Å². The maximum atomic E-state index is 13.3. The van der Waals surface area contributed by atoms with Crippen LogP contribution in [0.25, 0.3) is 10.9 Å². The highest BCUT2D eigenvalue weighted by atomic mass is 19.1. The van der Waals surface area contributed by atoms with Gasteiger partial charge in [-0.25, -0.2) is 9.38 Å². The number of benzene rings is 2. The van der Waals surface area contributed by atoms with E-state index in [-0.39, 0.29) is 22.9 Å². The van der Waals surface area contributed by atoms with E-state index in [9.17, 15) is 14.3 Å². The number of rotatable bonds is 1. The lowest BCUT2D eigenvalue weighted by atomic mass is 10.1. The van der Waals surface area contributed by atoms with Crippen LogP contribution in [-0.4, -0.2) is 21.6 Å². The van der Waals surface area contributed by atoms with E-state index in [0.717, 1.165) is 0 Å². The number of H-pyrrole nitrogens is 1. The molecule has 1 aromatic heterocycles. The third-order valence-electron chi connectivity index (χ3n) is 3.57. The van der Waals surface area contributed by atoms with Crippen LogP contribution in [0.3, 0.4) is 0 Å². The van der Waals surface area contributed by atoms with Gasteiger partial charge in [-0.2, -0.15) is 0 Å². The number of aromatic hydroxyl groups is 1. The van der Waals surface area contributed by atoms with Gasteiger partial charge in [-0.05, 0) is 30.3 Å². The number of hydrogen-bond donors (Lipinski definition) is 2. The number of aromatic nitrogens is 1. The summed E-state index contributed by atoms with van der Waals surface area (Å²) in [5, 5.41) is 10.6. The molecule has 0 unspecified atom stereocenters. The number of carbonyl (C=O) groups excluding carboxylic acids is 1. The minimum Gasteiger partial charge on any atom is -0.505 e. The van der Waals surface area contributed by atoms with Crippen molar-refractivity contribution in [1.29, 1.82) is 0 Å². The molecular formula is C16H9FN2O2. The fraction of sp³-hybridized carbons (Fsp3) is 0. The van der Waals surface area contributed by atoms with Crippen molar-refractivity contribution in [1.82, 2.24) is 4.98 Å². The fourth-order valence-corrected chi connectivity index (χ4v) is 2.55. The van der Waals surface area contributed by atoms with Gasteiger partial charge in [-0.1, -0.05) is 12.1 Å². The molecule has 0 spiro atoms. The summed E-state index contributed by atoms with van der Waals surface area (Å²) in [6.07, 6.45) is 0. The Bertz CT molecular complexity index is 941. The molecular weight excluding hydrogens is 271 g/mol. The van der Waals surface area contributed by atoms with Crippen LogP contribution in [0.1, 0.15) is 16.1 Å².